The summed E-state index contributed by atoms with van der Waals surface area (Å²) in [5.41, 5.74) is 6.31. The third kappa shape index (κ3) is 2.46. The average Bonchev–Trinajstić information content (AvgIpc) is 2.24. The maximum Gasteiger partial charge on any atom is 0.416 e. The number of nitrogens with zero attached hydrogens (tertiary/aromatic N) is 1. The Kier molecular flexibility index (Phi) is 3.52. The summed E-state index contributed by atoms with van der Waals surface area (Å²) < 4.78 is 37.9. The van der Waals surface area contributed by atoms with Crippen LogP contribution in [0.1, 0.15) is 30.4 Å². The molecule has 2 N–H and O–H groups in total. The number of halogens is 3. The molecular weight excluding hydrogens is 241 g/mol. The van der Waals surface area contributed by atoms with Crippen LogP contribution in [0.2, 0.25) is 0 Å². The molecule has 0 saturated heterocycles. The third-order valence-electron chi connectivity index (χ3n) is 3.63. The van der Waals surface area contributed by atoms with Gasteiger partial charge in [-0.05, 0) is 43.0 Å². The Hall–Kier alpha value is -1.23. The zero-order chi connectivity index (χ0) is 13.3. The highest BCUT2D eigenvalue weighted by Gasteiger charge is 2.31. The van der Waals surface area contributed by atoms with Crippen LogP contribution in [-0.2, 0) is 12.7 Å². The molecule has 5 heteroatoms. The van der Waals surface area contributed by atoms with Crippen molar-refractivity contribution in [1.29, 1.82) is 0 Å². The number of rotatable bonds is 3. The van der Waals surface area contributed by atoms with E-state index in [4.69, 9.17) is 5.73 Å². The molecule has 0 radical (unpaired) electrons. The molecule has 0 heterocycles. The second-order valence-corrected chi connectivity index (χ2v) is 4.74. The van der Waals surface area contributed by atoms with Crippen molar-refractivity contribution in [3.8, 4) is 0 Å². The summed E-state index contributed by atoms with van der Waals surface area (Å²) in [5.74, 6) is 0. The van der Waals surface area contributed by atoms with E-state index in [0.29, 0.717) is 11.6 Å². The number of alkyl halides is 3. The monoisotopic (exact) mass is 258 g/mol. The van der Waals surface area contributed by atoms with E-state index in [2.05, 4.69) is 0 Å². The smallest absolute Gasteiger partial charge is 0.371 e. The summed E-state index contributed by atoms with van der Waals surface area (Å²) in [5, 5.41) is 0. The molecule has 1 aromatic carbocycles. The van der Waals surface area contributed by atoms with Gasteiger partial charge in [-0.25, -0.2) is 0 Å². The van der Waals surface area contributed by atoms with Crippen molar-refractivity contribution in [2.75, 3.05) is 11.9 Å². The molecule has 2 rings (SSSR count). The number of benzene rings is 1. The predicted octanol–water partition coefficient (Wildman–Crippen LogP) is 3.15. The Labute approximate surface area is 105 Å². The molecule has 0 unspecified atom stereocenters. The van der Waals surface area contributed by atoms with Crippen LogP contribution in [0.5, 0.6) is 0 Å². The van der Waals surface area contributed by atoms with Crippen molar-refractivity contribution in [3.05, 3.63) is 29.3 Å². The van der Waals surface area contributed by atoms with Gasteiger partial charge in [0, 0.05) is 25.3 Å². The van der Waals surface area contributed by atoms with Crippen LogP contribution in [0.4, 0.5) is 18.9 Å². The molecule has 1 fully saturated rings. The maximum atomic E-state index is 12.6. The summed E-state index contributed by atoms with van der Waals surface area (Å²) in [4.78, 5) is 2.05. The zero-order valence-electron chi connectivity index (χ0n) is 10.3. The fourth-order valence-electron chi connectivity index (χ4n) is 2.24. The van der Waals surface area contributed by atoms with E-state index in [-0.39, 0.29) is 6.54 Å². The minimum atomic E-state index is -4.31. The molecule has 0 amide bonds. The highest BCUT2D eigenvalue weighted by Crippen LogP contribution is 2.35. The van der Waals surface area contributed by atoms with Crippen LogP contribution in [0, 0.1) is 0 Å². The average molecular weight is 258 g/mol. The zero-order valence-corrected chi connectivity index (χ0v) is 10.3. The van der Waals surface area contributed by atoms with Gasteiger partial charge >= 0.3 is 6.18 Å². The Morgan fingerprint density at radius 2 is 2.00 bits per heavy atom. The first kappa shape index (κ1) is 13.2. The van der Waals surface area contributed by atoms with Gasteiger partial charge in [-0.3, -0.25) is 0 Å². The highest BCUT2D eigenvalue weighted by atomic mass is 19.4. The van der Waals surface area contributed by atoms with Gasteiger partial charge in [0.2, 0.25) is 0 Å². The van der Waals surface area contributed by atoms with E-state index in [1.54, 1.807) is 0 Å². The lowest BCUT2D eigenvalue weighted by Gasteiger charge is -2.37. The highest BCUT2D eigenvalue weighted by molar-refractivity contribution is 5.56. The Balaban J connectivity index is 2.30. The predicted molar refractivity (Wildman–Crippen MR) is 65.4 cm³/mol. The lowest BCUT2D eigenvalue weighted by atomic mass is 9.91. The van der Waals surface area contributed by atoms with E-state index in [9.17, 15) is 13.2 Å². The van der Waals surface area contributed by atoms with Gasteiger partial charge in [-0.1, -0.05) is 0 Å². The summed E-state index contributed by atoms with van der Waals surface area (Å²) in [6, 6.07) is 4.25. The van der Waals surface area contributed by atoms with Crippen LogP contribution in [0.25, 0.3) is 0 Å². The van der Waals surface area contributed by atoms with E-state index in [1.165, 1.54) is 12.5 Å². The van der Waals surface area contributed by atoms with Gasteiger partial charge in [-0.2, -0.15) is 13.2 Å². The van der Waals surface area contributed by atoms with Gasteiger partial charge in [0.05, 0.1) is 5.56 Å². The Morgan fingerprint density at radius 3 is 2.44 bits per heavy atom. The van der Waals surface area contributed by atoms with Crippen molar-refractivity contribution < 1.29 is 13.2 Å². The lowest BCUT2D eigenvalue weighted by molar-refractivity contribution is -0.137. The summed E-state index contributed by atoms with van der Waals surface area (Å²) in [6.07, 6.45) is -0.922. The normalized spacial score (nSPS) is 16.5. The Morgan fingerprint density at radius 1 is 1.33 bits per heavy atom. The number of anilines is 1. The van der Waals surface area contributed by atoms with Crippen LogP contribution < -0.4 is 10.6 Å². The van der Waals surface area contributed by atoms with Gasteiger partial charge in [0.25, 0.3) is 0 Å². The van der Waals surface area contributed by atoms with Crippen LogP contribution in [0.15, 0.2) is 18.2 Å². The van der Waals surface area contributed by atoms with Gasteiger partial charge in [0.1, 0.15) is 0 Å². The second kappa shape index (κ2) is 4.80. The molecule has 2 nitrogen and oxygen atoms in total. The number of nitrogens with two attached hydrogens (primary N) is 1. The molecular formula is C13H17F3N2. The van der Waals surface area contributed by atoms with Crippen LogP contribution in [0.3, 0.4) is 0 Å². The third-order valence-corrected chi connectivity index (χ3v) is 3.63. The van der Waals surface area contributed by atoms with E-state index >= 15 is 0 Å². The standard InChI is InChI=1S/C13H17F3N2/c1-18(11-3-2-4-11)12-6-5-10(13(14,15)16)7-9(12)8-17/h5-7,11H,2-4,8,17H2,1H3. The van der Waals surface area contributed by atoms with Gasteiger partial charge < -0.3 is 10.6 Å². The fraction of sp³-hybridized carbons (Fsp3) is 0.538. The van der Waals surface area contributed by atoms with E-state index < -0.39 is 11.7 Å². The first-order valence-electron chi connectivity index (χ1n) is 6.06. The van der Waals surface area contributed by atoms with Crippen LogP contribution in [-0.4, -0.2) is 13.1 Å². The van der Waals surface area contributed by atoms with Crippen molar-refractivity contribution >= 4 is 5.69 Å². The minimum Gasteiger partial charge on any atom is -0.371 e. The first-order chi connectivity index (χ1) is 8.43. The molecule has 0 aromatic heterocycles. The van der Waals surface area contributed by atoms with E-state index in [1.807, 2.05) is 11.9 Å². The minimum absolute atomic E-state index is 0.121. The van der Waals surface area contributed by atoms with E-state index in [0.717, 1.165) is 30.7 Å². The second-order valence-electron chi connectivity index (χ2n) is 4.74. The number of hydrogen-bond donors (Lipinski definition) is 1. The molecule has 1 aliphatic rings. The largest absolute Gasteiger partial charge is 0.416 e. The fourth-order valence-corrected chi connectivity index (χ4v) is 2.24. The molecule has 1 aromatic rings. The quantitative estimate of drug-likeness (QED) is 0.902. The molecule has 100 valence electrons. The van der Waals surface area contributed by atoms with Crippen molar-refractivity contribution in [1.82, 2.24) is 0 Å². The van der Waals surface area contributed by atoms with Crippen LogP contribution >= 0.6 is 0 Å². The molecule has 1 saturated carbocycles. The maximum absolute atomic E-state index is 12.6. The summed E-state index contributed by atoms with van der Waals surface area (Å²) in [7, 11) is 1.92. The van der Waals surface area contributed by atoms with Crippen molar-refractivity contribution in [2.45, 2.75) is 38.0 Å². The molecule has 0 aliphatic heterocycles. The first-order valence-corrected chi connectivity index (χ1v) is 6.06. The molecule has 18 heavy (non-hydrogen) atoms. The van der Waals surface area contributed by atoms with Gasteiger partial charge in [0.15, 0.2) is 0 Å². The van der Waals surface area contributed by atoms with Gasteiger partial charge in [-0.15, -0.1) is 0 Å². The molecule has 0 atom stereocenters. The SMILES string of the molecule is CN(c1ccc(C(F)(F)F)cc1CN)C1CCC1. The molecule has 1 aliphatic carbocycles. The molecule has 0 bridgehead atoms. The number of hydrogen-bond acceptors (Lipinski definition) is 2. The lowest BCUT2D eigenvalue weighted by Crippen LogP contribution is -2.37. The van der Waals surface area contributed by atoms with Crippen molar-refractivity contribution in [2.24, 2.45) is 5.73 Å². The Bertz CT molecular complexity index is 425. The molecule has 0 spiro atoms. The summed E-state index contributed by atoms with van der Waals surface area (Å²) >= 11 is 0. The topological polar surface area (TPSA) is 29.3 Å². The van der Waals surface area contributed by atoms with Crippen molar-refractivity contribution in [3.63, 3.8) is 0 Å². The summed E-state index contributed by atoms with van der Waals surface area (Å²) in [6.45, 7) is 0.121.